The van der Waals surface area contributed by atoms with Crippen molar-refractivity contribution < 1.29 is 4.74 Å². The molecule has 0 atom stereocenters. The number of nitrogens with zero attached hydrogens (tertiary/aromatic N) is 3. The van der Waals surface area contributed by atoms with Crippen LogP contribution in [0.3, 0.4) is 0 Å². The quantitative estimate of drug-likeness (QED) is 0.781. The maximum Gasteiger partial charge on any atom is 0.157 e. The lowest BCUT2D eigenvalue weighted by Crippen LogP contribution is -1.96. The van der Waals surface area contributed by atoms with Gasteiger partial charge in [-0.05, 0) is 6.42 Å². The molecule has 0 aliphatic carbocycles. The first kappa shape index (κ1) is 10.2. The summed E-state index contributed by atoms with van der Waals surface area (Å²) in [7, 11) is 0. The second kappa shape index (κ2) is 4.93. The van der Waals surface area contributed by atoms with Crippen LogP contribution in [0.15, 0.2) is 24.0 Å². The number of thiazole rings is 1. The molecule has 0 unspecified atom stereocenters. The normalized spacial score (nSPS) is 10.5. The lowest BCUT2D eigenvalue weighted by atomic mass is 10.5. The molecule has 0 amide bonds. The molecule has 2 rings (SSSR count). The van der Waals surface area contributed by atoms with E-state index in [9.17, 15) is 0 Å². The van der Waals surface area contributed by atoms with Crippen molar-refractivity contribution in [2.75, 3.05) is 0 Å². The average Bonchev–Trinajstić information content (AvgIpc) is 2.85. The van der Waals surface area contributed by atoms with Crippen LogP contribution < -0.4 is 4.74 Å². The van der Waals surface area contributed by atoms with Crippen LogP contribution in [-0.4, -0.2) is 14.8 Å². The highest BCUT2D eigenvalue weighted by atomic mass is 32.1. The summed E-state index contributed by atoms with van der Waals surface area (Å²) >= 11 is 1.60. The summed E-state index contributed by atoms with van der Waals surface area (Å²) in [5.41, 5.74) is 0. The van der Waals surface area contributed by atoms with Gasteiger partial charge in [0.05, 0.1) is 12.4 Å². The summed E-state index contributed by atoms with van der Waals surface area (Å²) in [5, 5.41) is 7.11. The first-order chi connectivity index (χ1) is 7.38. The van der Waals surface area contributed by atoms with Gasteiger partial charge in [-0.15, -0.1) is 11.3 Å². The third-order valence-electron chi connectivity index (χ3n) is 1.91. The highest BCUT2D eigenvalue weighted by Gasteiger charge is 2.00. The minimum absolute atomic E-state index is 0.523. The highest BCUT2D eigenvalue weighted by molar-refractivity contribution is 7.09. The molecule has 5 heteroatoms. The molecule has 15 heavy (non-hydrogen) atoms. The van der Waals surface area contributed by atoms with E-state index < -0.39 is 0 Å². The molecule has 0 spiro atoms. The van der Waals surface area contributed by atoms with Crippen LogP contribution >= 0.6 is 11.3 Å². The molecule has 2 aromatic heterocycles. The Kier molecular flexibility index (Phi) is 3.34. The van der Waals surface area contributed by atoms with Gasteiger partial charge in [-0.3, -0.25) is 4.68 Å². The summed E-state index contributed by atoms with van der Waals surface area (Å²) in [6.07, 6.45) is 6.51. The van der Waals surface area contributed by atoms with Gasteiger partial charge in [0.15, 0.2) is 5.75 Å². The lowest BCUT2D eigenvalue weighted by Gasteiger charge is -1.99. The summed E-state index contributed by atoms with van der Waals surface area (Å²) < 4.78 is 7.43. The van der Waals surface area contributed by atoms with Crippen molar-refractivity contribution in [2.24, 2.45) is 0 Å². The third-order valence-corrected chi connectivity index (χ3v) is 2.66. The second-order valence-electron chi connectivity index (χ2n) is 3.15. The Hall–Kier alpha value is -1.36. The van der Waals surface area contributed by atoms with Crippen molar-refractivity contribution >= 4 is 11.3 Å². The minimum Gasteiger partial charge on any atom is -0.483 e. The molecular formula is C10H13N3OS. The molecule has 0 saturated carbocycles. The van der Waals surface area contributed by atoms with Crippen molar-refractivity contribution in [1.29, 1.82) is 0 Å². The van der Waals surface area contributed by atoms with Crippen LogP contribution in [0.4, 0.5) is 0 Å². The standard InChI is InChI=1S/C10H13N3OS/c1-2-4-13-7-9(6-12-13)14-8-10-11-3-5-15-10/h3,5-7H,2,4,8H2,1H3. The molecule has 0 saturated heterocycles. The molecule has 0 aromatic carbocycles. The van der Waals surface area contributed by atoms with E-state index in [1.54, 1.807) is 23.7 Å². The highest BCUT2D eigenvalue weighted by Crippen LogP contribution is 2.12. The molecule has 2 heterocycles. The van der Waals surface area contributed by atoms with Crippen LogP contribution in [0.5, 0.6) is 5.75 Å². The van der Waals surface area contributed by atoms with Crippen molar-refractivity contribution in [2.45, 2.75) is 26.5 Å². The van der Waals surface area contributed by atoms with E-state index in [0.717, 1.165) is 23.7 Å². The predicted octanol–water partition coefficient (Wildman–Crippen LogP) is 2.33. The Bertz CT molecular complexity index is 396. The van der Waals surface area contributed by atoms with E-state index in [4.69, 9.17) is 4.74 Å². The van der Waals surface area contributed by atoms with E-state index in [2.05, 4.69) is 17.0 Å². The Morgan fingerprint density at radius 2 is 2.47 bits per heavy atom. The minimum atomic E-state index is 0.523. The number of rotatable bonds is 5. The Labute approximate surface area is 92.5 Å². The second-order valence-corrected chi connectivity index (χ2v) is 4.13. The molecule has 2 aromatic rings. The molecule has 0 bridgehead atoms. The van der Waals surface area contributed by atoms with Gasteiger partial charge in [0.2, 0.25) is 0 Å². The Morgan fingerprint density at radius 1 is 1.53 bits per heavy atom. The van der Waals surface area contributed by atoms with Gasteiger partial charge in [0.1, 0.15) is 11.6 Å². The fraction of sp³-hybridized carbons (Fsp3) is 0.400. The monoisotopic (exact) mass is 223 g/mol. The maximum absolute atomic E-state index is 5.54. The van der Waals surface area contributed by atoms with Gasteiger partial charge in [-0.25, -0.2) is 4.98 Å². The van der Waals surface area contributed by atoms with Gasteiger partial charge >= 0.3 is 0 Å². The molecule has 0 fully saturated rings. The number of ether oxygens (including phenoxy) is 1. The predicted molar refractivity (Wildman–Crippen MR) is 59.0 cm³/mol. The van der Waals surface area contributed by atoms with E-state index in [1.807, 2.05) is 16.3 Å². The zero-order valence-electron chi connectivity index (χ0n) is 8.59. The first-order valence-corrected chi connectivity index (χ1v) is 5.80. The Morgan fingerprint density at radius 3 is 3.20 bits per heavy atom. The topological polar surface area (TPSA) is 39.9 Å². The molecule has 80 valence electrons. The molecule has 0 aliphatic heterocycles. The molecule has 0 N–H and O–H groups in total. The van der Waals surface area contributed by atoms with Crippen LogP contribution in [0.25, 0.3) is 0 Å². The van der Waals surface area contributed by atoms with E-state index in [1.165, 1.54) is 0 Å². The molecular weight excluding hydrogens is 210 g/mol. The third kappa shape index (κ3) is 2.79. The summed E-state index contributed by atoms with van der Waals surface area (Å²) in [5.74, 6) is 0.804. The van der Waals surface area contributed by atoms with Crippen LogP contribution in [0, 0.1) is 0 Å². The van der Waals surface area contributed by atoms with Gasteiger partial charge in [0, 0.05) is 18.1 Å². The van der Waals surface area contributed by atoms with Crippen LogP contribution in [0.2, 0.25) is 0 Å². The lowest BCUT2D eigenvalue weighted by molar-refractivity contribution is 0.305. The summed E-state index contributed by atoms with van der Waals surface area (Å²) in [4.78, 5) is 4.14. The largest absolute Gasteiger partial charge is 0.483 e. The van der Waals surface area contributed by atoms with Gasteiger partial charge in [0.25, 0.3) is 0 Å². The average molecular weight is 223 g/mol. The zero-order valence-corrected chi connectivity index (χ0v) is 9.41. The van der Waals surface area contributed by atoms with Crippen molar-refractivity contribution in [3.63, 3.8) is 0 Å². The zero-order chi connectivity index (χ0) is 10.5. The van der Waals surface area contributed by atoms with Gasteiger partial charge in [-0.1, -0.05) is 6.92 Å². The summed E-state index contributed by atoms with van der Waals surface area (Å²) in [6.45, 7) is 3.58. The number of hydrogen-bond acceptors (Lipinski definition) is 4. The number of hydrogen-bond donors (Lipinski definition) is 0. The van der Waals surface area contributed by atoms with Crippen LogP contribution in [0.1, 0.15) is 18.4 Å². The molecule has 4 nitrogen and oxygen atoms in total. The van der Waals surface area contributed by atoms with Gasteiger partial charge in [-0.2, -0.15) is 5.10 Å². The fourth-order valence-electron chi connectivity index (χ4n) is 1.24. The van der Waals surface area contributed by atoms with Crippen molar-refractivity contribution in [3.8, 4) is 5.75 Å². The SMILES string of the molecule is CCCn1cc(OCc2nccs2)cn1. The number of aromatic nitrogens is 3. The van der Waals surface area contributed by atoms with Crippen molar-refractivity contribution in [3.05, 3.63) is 29.0 Å². The van der Waals surface area contributed by atoms with Crippen molar-refractivity contribution in [1.82, 2.24) is 14.8 Å². The van der Waals surface area contributed by atoms with E-state index in [0.29, 0.717) is 6.61 Å². The van der Waals surface area contributed by atoms with E-state index >= 15 is 0 Å². The van der Waals surface area contributed by atoms with Crippen LogP contribution in [-0.2, 0) is 13.2 Å². The smallest absolute Gasteiger partial charge is 0.157 e. The van der Waals surface area contributed by atoms with E-state index in [-0.39, 0.29) is 0 Å². The maximum atomic E-state index is 5.54. The van der Waals surface area contributed by atoms with Gasteiger partial charge < -0.3 is 4.74 Å². The fourth-order valence-corrected chi connectivity index (χ4v) is 1.77. The molecule has 0 radical (unpaired) electrons. The summed E-state index contributed by atoms with van der Waals surface area (Å²) in [6, 6.07) is 0. The first-order valence-electron chi connectivity index (χ1n) is 4.92. The molecule has 0 aliphatic rings. The Balaban J connectivity index is 1.88. The number of aryl methyl sites for hydroxylation is 1.